The molecule has 0 spiro atoms. The average Bonchev–Trinajstić information content (AvgIpc) is 2.25. The zero-order valence-electron chi connectivity index (χ0n) is 11.9. The molecule has 0 amide bonds. The molecule has 0 radical (unpaired) electrons. The monoisotopic (exact) mass is 266 g/mol. The molecule has 106 valence electrons. The molecule has 1 rings (SSSR count). The second-order valence-electron chi connectivity index (χ2n) is 5.13. The maximum atomic E-state index is 10.7. The lowest BCUT2D eigenvalue weighted by atomic mass is 9.92. The first kappa shape index (κ1) is 15.5. The van der Waals surface area contributed by atoms with E-state index in [0.717, 1.165) is 11.8 Å². The predicted octanol–water partition coefficient (Wildman–Crippen LogP) is 3.06. The molecule has 1 unspecified atom stereocenters. The molecule has 1 aliphatic rings. The van der Waals surface area contributed by atoms with Crippen LogP contribution >= 0.6 is 0 Å². The van der Waals surface area contributed by atoms with Gasteiger partial charge in [-0.25, -0.2) is 4.79 Å². The Morgan fingerprint density at radius 1 is 1.37 bits per heavy atom. The molecule has 19 heavy (non-hydrogen) atoms. The molecule has 4 heteroatoms. The van der Waals surface area contributed by atoms with Crippen molar-refractivity contribution in [3.8, 4) is 0 Å². The first-order valence-corrected chi connectivity index (χ1v) is 6.48. The van der Waals surface area contributed by atoms with Gasteiger partial charge in [0.05, 0.1) is 18.0 Å². The number of rotatable bonds is 6. The van der Waals surface area contributed by atoms with E-state index in [4.69, 9.17) is 14.6 Å². The van der Waals surface area contributed by atoms with Gasteiger partial charge in [-0.2, -0.15) is 0 Å². The molecule has 0 aliphatic heterocycles. The van der Waals surface area contributed by atoms with Gasteiger partial charge in [0.15, 0.2) is 0 Å². The average molecular weight is 266 g/mol. The summed E-state index contributed by atoms with van der Waals surface area (Å²) in [5.41, 5.74) is -0.745. The highest BCUT2D eigenvalue weighted by Crippen LogP contribution is 2.31. The van der Waals surface area contributed by atoms with Crippen LogP contribution < -0.4 is 0 Å². The summed E-state index contributed by atoms with van der Waals surface area (Å²) >= 11 is 0. The van der Waals surface area contributed by atoms with E-state index >= 15 is 0 Å². The Balaban J connectivity index is 2.91. The van der Waals surface area contributed by atoms with Gasteiger partial charge in [-0.1, -0.05) is 6.08 Å². The molecular formula is C15H22O4. The molecule has 1 aliphatic carbocycles. The quantitative estimate of drug-likeness (QED) is 0.751. The summed E-state index contributed by atoms with van der Waals surface area (Å²) < 4.78 is 11.6. The number of carboxylic acid groups (broad SMARTS) is 1. The van der Waals surface area contributed by atoms with Crippen LogP contribution in [0.5, 0.6) is 0 Å². The lowest BCUT2D eigenvalue weighted by molar-refractivity contribution is -0.131. The number of hydrogen-bond acceptors (Lipinski definition) is 3. The summed E-state index contributed by atoms with van der Waals surface area (Å²) in [5, 5.41) is 8.79. The van der Waals surface area contributed by atoms with Gasteiger partial charge >= 0.3 is 5.97 Å². The standard InChI is InChI=1S/C15H22O4/c1-11(2)18-13-6-5-8-15(10-13,19-12(3)4)9-7-14(16)17/h5-9,11-12H,10H2,1-4H3,(H,16,17). The third kappa shape index (κ3) is 5.30. The van der Waals surface area contributed by atoms with Crippen molar-refractivity contribution < 1.29 is 19.4 Å². The van der Waals surface area contributed by atoms with E-state index in [-0.39, 0.29) is 12.2 Å². The van der Waals surface area contributed by atoms with E-state index < -0.39 is 11.6 Å². The van der Waals surface area contributed by atoms with Crippen molar-refractivity contribution >= 4 is 5.97 Å². The maximum Gasteiger partial charge on any atom is 0.328 e. The second-order valence-corrected chi connectivity index (χ2v) is 5.13. The molecule has 1 N–H and O–H groups in total. The van der Waals surface area contributed by atoms with Gasteiger partial charge in [0, 0.05) is 12.5 Å². The van der Waals surface area contributed by atoms with Crippen LogP contribution in [-0.2, 0) is 14.3 Å². The van der Waals surface area contributed by atoms with E-state index in [9.17, 15) is 4.79 Å². The third-order valence-electron chi connectivity index (χ3n) is 2.46. The van der Waals surface area contributed by atoms with Crippen LogP contribution in [0.4, 0.5) is 0 Å². The smallest absolute Gasteiger partial charge is 0.328 e. The fourth-order valence-electron chi connectivity index (χ4n) is 1.98. The van der Waals surface area contributed by atoms with Crippen LogP contribution in [0.1, 0.15) is 34.1 Å². The Morgan fingerprint density at radius 3 is 2.58 bits per heavy atom. The van der Waals surface area contributed by atoms with E-state index in [0.29, 0.717) is 6.42 Å². The minimum Gasteiger partial charge on any atom is -0.495 e. The van der Waals surface area contributed by atoms with Crippen LogP contribution in [-0.4, -0.2) is 28.9 Å². The van der Waals surface area contributed by atoms with Gasteiger partial charge in [-0.05, 0) is 45.9 Å². The number of aliphatic carboxylic acids is 1. The van der Waals surface area contributed by atoms with Crippen LogP contribution in [0.2, 0.25) is 0 Å². The molecule has 0 aromatic heterocycles. The molecule has 1 atom stereocenters. The van der Waals surface area contributed by atoms with Crippen molar-refractivity contribution in [2.24, 2.45) is 0 Å². The van der Waals surface area contributed by atoms with E-state index in [1.165, 1.54) is 0 Å². The Morgan fingerprint density at radius 2 is 2.05 bits per heavy atom. The Kier molecular flexibility index (Phi) is 5.36. The van der Waals surface area contributed by atoms with E-state index in [1.807, 2.05) is 45.9 Å². The van der Waals surface area contributed by atoms with Gasteiger partial charge in [0.1, 0.15) is 5.60 Å². The largest absolute Gasteiger partial charge is 0.495 e. The summed E-state index contributed by atoms with van der Waals surface area (Å²) in [6.07, 6.45) is 8.85. The van der Waals surface area contributed by atoms with Crippen LogP contribution in [0, 0.1) is 0 Å². The normalized spacial score (nSPS) is 23.2. The zero-order chi connectivity index (χ0) is 14.5. The summed E-state index contributed by atoms with van der Waals surface area (Å²) in [7, 11) is 0. The first-order chi connectivity index (χ1) is 8.83. The fraction of sp³-hybridized carbons (Fsp3) is 0.533. The first-order valence-electron chi connectivity index (χ1n) is 6.48. The van der Waals surface area contributed by atoms with Crippen molar-refractivity contribution in [3.05, 3.63) is 36.1 Å². The lowest BCUT2D eigenvalue weighted by Crippen LogP contribution is -2.33. The van der Waals surface area contributed by atoms with E-state index in [1.54, 1.807) is 6.08 Å². The highest BCUT2D eigenvalue weighted by molar-refractivity contribution is 5.80. The van der Waals surface area contributed by atoms with Crippen molar-refractivity contribution in [1.82, 2.24) is 0 Å². The highest BCUT2D eigenvalue weighted by atomic mass is 16.5. The predicted molar refractivity (Wildman–Crippen MR) is 73.8 cm³/mol. The number of carboxylic acids is 1. The van der Waals surface area contributed by atoms with Crippen LogP contribution in [0.25, 0.3) is 0 Å². The maximum absolute atomic E-state index is 10.7. The minimum absolute atomic E-state index is 0.0125. The number of carbonyl (C=O) groups is 1. The number of allylic oxidation sites excluding steroid dienone is 2. The Labute approximate surface area is 114 Å². The fourth-order valence-corrected chi connectivity index (χ4v) is 1.98. The van der Waals surface area contributed by atoms with Gasteiger partial charge in [-0.15, -0.1) is 0 Å². The summed E-state index contributed by atoms with van der Waals surface area (Å²) in [5.74, 6) is -0.186. The van der Waals surface area contributed by atoms with Crippen molar-refractivity contribution in [1.29, 1.82) is 0 Å². The van der Waals surface area contributed by atoms with Gasteiger partial charge in [0.25, 0.3) is 0 Å². The molecule has 0 fully saturated rings. The molecule has 0 aromatic carbocycles. The molecule has 0 heterocycles. The van der Waals surface area contributed by atoms with Gasteiger partial charge in [0.2, 0.25) is 0 Å². The van der Waals surface area contributed by atoms with Crippen LogP contribution in [0.3, 0.4) is 0 Å². The molecule has 0 saturated heterocycles. The molecule has 0 bridgehead atoms. The number of hydrogen-bond donors (Lipinski definition) is 1. The summed E-state index contributed by atoms with van der Waals surface area (Å²) in [6.45, 7) is 7.76. The molecule has 0 aromatic rings. The van der Waals surface area contributed by atoms with Crippen molar-refractivity contribution in [2.75, 3.05) is 0 Å². The molecule has 0 saturated carbocycles. The highest BCUT2D eigenvalue weighted by Gasteiger charge is 2.30. The van der Waals surface area contributed by atoms with Crippen molar-refractivity contribution in [2.45, 2.75) is 51.9 Å². The number of ether oxygens (including phenoxy) is 2. The SMILES string of the molecule is CC(C)OC1=CC=CC(C=CC(=O)O)(OC(C)C)C1. The third-order valence-corrected chi connectivity index (χ3v) is 2.46. The summed E-state index contributed by atoms with van der Waals surface area (Å²) in [6, 6.07) is 0. The Bertz CT molecular complexity index is 404. The van der Waals surface area contributed by atoms with Gasteiger partial charge < -0.3 is 14.6 Å². The van der Waals surface area contributed by atoms with Crippen molar-refractivity contribution in [3.63, 3.8) is 0 Å². The summed E-state index contributed by atoms with van der Waals surface area (Å²) in [4.78, 5) is 10.7. The molecule has 4 nitrogen and oxygen atoms in total. The Hall–Kier alpha value is -1.55. The van der Waals surface area contributed by atoms with Gasteiger partial charge in [-0.3, -0.25) is 0 Å². The second kappa shape index (κ2) is 6.57. The minimum atomic E-state index is -0.985. The lowest BCUT2D eigenvalue weighted by Gasteiger charge is -2.33. The van der Waals surface area contributed by atoms with Crippen LogP contribution in [0.15, 0.2) is 36.1 Å². The molecular weight excluding hydrogens is 244 g/mol. The topological polar surface area (TPSA) is 55.8 Å². The zero-order valence-corrected chi connectivity index (χ0v) is 11.9. The van der Waals surface area contributed by atoms with E-state index in [2.05, 4.69) is 0 Å².